The molecule has 0 bridgehead atoms. The number of hydroxylamine groups is 1. The second kappa shape index (κ2) is 14.6. The molecule has 3 rings (SSSR count). The average Bonchev–Trinajstić information content (AvgIpc) is 2.95. The lowest BCUT2D eigenvalue weighted by atomic mass is 10.1. The molecule has 0 fully saturated rings. The first-order chi connectivity index (χ1) is 19.9. The van der Waals surface area contributed by atoms with Gasteiger partial charge in [0, 0.05) is 28.9 Å². The number of rotatable bonds is 10. The van der Waals surface area contributed by atoms with E-state index in [2.05, 4.69) is 32.5 Å². The Balaban J connectivity index is 1.46. The number of anilines is 1. The average molecular weight is 585 g/mol. The summed E-state index contributed by atoms with van der Waals surface area (Å²) in [5.41, 5.74) is 4.11. The van der Waals surface area contributed by atoms with Crippen LogP contribution in [0.2, 0.25) is 0 Å². The number of aliphatic hydroxyl groups excluding tert-OH is 1. The third-order valence-corrected chi connectivity index (χ3v) is 5.60. The molecule has 0 aromatic heterocycles. The molecular weight excluding hydrogens is 557 g/mol. The number of benzene rings is 3. The van der Waals surface area contributed by atoms with Crippen molar-refractivity contribution >= 4 is 23.4 Å². The van der Waals surface area contributed by atoms with E-state index in [-0.39, 0.29) is 30.3 Å². The van der Waals surface area contributed by atoms with E-state index in [1.165, 1.54) is 48.8 Å². The molecule has 0 aliphatic rings. The zero-order valence-corrected chi connectivity index (χ0v) is 22.2. The second-order valence-electron chi connectivity index (χ2n) is 8.92. The predicted octanol–water partition coefficient (Wildman–Crippen LogP) is 2.70. The number of hydrogen-bond acceptors (Lipinski definition) is 7. The number of alkyl halides is 3. The Morgan fingerprint density at radius 1 is 0.905 bits per heavy atom. The SMILES string of the molecule is CC(O)C(NC(=O)c1ccc(C#Cc2ccc(NC(=O)CNCc3ccc(OC(F)(F)F)cc3)cc2)cc1)C(=O)NO. The minimum absolute atomic E-state index is 0.0231. The molecule has 0 aliphatic carbocycles. The molecule has 3 amide bonds. The van der Waals surface area contributed by atoms with Gasteiger partial charge in [0.05, 0.1) is 12.6 Å². The molecular formula is C29H27F3N4O6. The highest BCUT2D eigenvalue weighted by Gasteiger charge is 2.31. The summed E-state index contributed by atoms with van der Waals surface area (Å²) >= 11 is 0. The van der Waals surface area contributed by atoms with Gasteiger partial charge in [-0.05, 0) is 73.2 Å². The summed E-state index contributed by atoms with van der Waals surface area (Å²) in [4.78, 5) is 36.2. The molecule has 0 radical (unpaired) electrons. The van der Waals surface area contributed by atoms with E-state index in [0.29, 0.717) is 22.4 Å². The maximum atomic E-state index is 12.4. The van der Waals surface area contributed by atoms with Gasteiger partial charge < -0.3 is 25.8 Å². The third-order valence-electron chi connectivity index (χ3n) is 5.60. The highest BCUT2D eigenvalue weighted by molar-refractivity contribution is 5.97. The molecule has 3 aromatic carbocycles. The molecule has 2 atom stereocenters. The number of halogens is 3. The van der Waals surface area contributed by atoms with Crippen molar-refractivity contribution in [2.75, 3.05) is 11.9 Å². The second-order valence-corrected chi connectivity index (χ2v) is 8.92. The summed E-state index contributed by atoms with van der Waals surface area (Å²) in [5, 5.41) is 26.4. The monoisotopic (exact) mass is 584 g/mol. The lowest BCUT2D eigenvalue weighted by Crippen LogP contribution is -2.51. The molecule has 2 unspecified atom stereocenters. The molecule has 0 aliphatic heterocycles. The van der Waals surface area contributed by atoms with Crippen LogP contribution in [0.3, 0.4) is 0 Å². The Kier molecular flexibility index (Phi) is 11.0. The van der Waals surface area contributed by atoms with Gasteiger partial charge in [0.2, 0.25) is 5.91 Å². The van der Waals surface area contributed by atoms with Gasteiger partial charge in [-0.3, -0.25) is 19.6 Å². The number of carbonyl (C=O) groups is 3. The van der Waals surface area contributed by atoms with Crippen LogP contribution in [-0.2, 0) is 16.1 Å². The first-order valence-electron chi connectivity index (χ1n) is 12.4. The minimum atomic E-state index is -4.76. The van der Waals surface area contributed by atoms with Crippen LogP contribution in [0.4, 0.5) is 18.9 Å². The van der Waals surface area contributed by atoms with Gasteiger partial charge in [0.1, 0.15) is 11.8 Å². The Morgan fingerprint density at radius 2 is 1.48 bits per heavy atom. The zero-order valence-electron chi connectivity index (χ0n) is 22.2. The zero-order chi connectivity index (χ0) is 30.7. The molecule has 220 valence electrons. The van der Waals surface area contributed by atoms with E-state index < -0.39 is 30.3 Å². The fraction of sp³-hybridized carbons (Fsp3) is 0.207. The normalized spacial score (nSPS) is 12.2. The third kappa shape index (κ3) is 10.3. The standard InChI is InChI=1S/C29H27F3N4O6/c1-18(37)26(28(40)36-41)35-27(39)22-10-4-19(5-11-22)2-3-20-6-12-23(13-7-20)34-25(38)17-33-16-21-8-14-24(15-9-21)42-29(30,31)32/h4-15,18,26,33,37,41H,16-17H2,1H3,(H,34,38)(H,35,39)(H,36,40). The van der Waals surface area contributed by atoms with E-state index in [0.717, 1.165) is 0 Å². The fourth-order valence-electron chi connectivity index (χ4n) is 3.52. The number of ether oxygens (including phenoxy) is 1. The predicted molar refractivity (Wildman–Crippen MR) is 145 cm³/mol. The Morgan fingerprint density at radius 3 is 2.00 bits per heavy atom. The van der Waals surface area contributed by atoms with E-state index in [4.69, 9.17) is 5.21 Å². The molecule has 0 spiro atoms. The van der Waals surface area contributed by atoms with Gasteiger partial charge >= 0.3 is 6.36 Å². The highest BCUT2D eigenvalue weighted by Crippen LogP contribution is 2.22. The summed E-state index contributed by atoms with van der Waals surface area (Å²) in [5.74, 6) is 3.71. The van der Waals surface area contributed by atoms with Crippen LogP contribution in [0, 0.1) is 11.8 Å². The summed E-state index contributed by atoms with van der Waals surface area (Å²) in [6.45, 7) is 1.54. The van der Waals surface area contributed by atoms with Crippen LogP contribution in [0.1, 0.15) is 34.0 Å². The summed E-state index contributed by atoms with van der Waals surface area (Å²) in [6, 6.07) is 17.0. The van der Waals surface area contributed by atoms with Crippen molar-refractivity contribution in [1.82, 2.24) is 16.1 Å². The molecule has 0 saturated carbocycles. The Bertz CT molecular complexity index is 1430. The van der Waals surface area contributed by atoms with Gasteiger partial charge in [-0.15, -0.1) is 13.2 Å². The van der Waals surface area contributed by atoms with Crippen molar-refractivity contribution in [2.45, 2.75) is 32.0 Å². The molecule has 13 heteroatoms. The molecule has 6 N–H and O–H groups in total. The van der Waals surface area contributed by atoms with Crippen LogP contribution < -0.4 is 26.2 Å². The minimum Gasteiger partial charge on any atom is -0.406 e. The van der Waals surface area contributed by atoms with Crippen molar-refractivity contribution in [3.05, 3.63) is 95.1 Å². The van der Waals surface area contributed by atoms with Crippen LogP contribution in [0.5, 0.6) is 5.75 Å². The van der Waals surface area contributed by atoms with Crippen LogP contribution in [-0.4, -0.2) is 53.1 Å². The fourth-order valence-corrected chi connectivity index (χ4v) is 3.52. The smallest absolute Gasteiger partial charge is 0.406 e. The largest absolute Gasteiger partial charge is 0.573 e. The summed E-state index contributed by atoms with van der Waals surface area (Å²) in [7, 11) is 0. The van der Waals surface area contributed by atoms with Crippen molar-refractivity contribution in [1.29, 1.82) is 0 Å². The number of carbonyl (C=O) groups excluding carboxylic acids is 3. The number of nitrogens with one attached hydrogen (secondary N) is 4. The Labute approximate surface area is 238 Å². The van der Waals surface area contributed by atoms with Crippen molar-refractivity contribution in [3.63, 3.8) is 0 Å². The van der Waals surface area contributed by atoms with Crippen LogP contribution >= 0.6 is 0 Å². The first-order valence-corrected chi connectivity index (χ1v) is 12.4. The van der Waals surface area contributed by atoms with E-state index in [9.17, 15) is 32.7 Å². The summed E-state index contributed by atoms with van der Waals surface area (Å²) < 4.78 is 40.5. The van der Waals surface area contributed by atoms with E-state index in [1.807, 2.05) is 0 Å². The maximum Gasteiger partial charge on any atom is 0.573 e. The van der Waals surface area contributed by atoms with Crippen LogP contribution in [0.15, 0.2) is 72.8 Å². The molecule has 0 heterocycles. The van der Waals surface area contributed by atoms with E-state index >= 15 is 0 Å². The van der Waals surface area contributed by atoms with Gasteiger partial charge in [0.15, 0.2) is 0 Å². The van der Waals surface area contributed by atoms with Gasteiger partial charge in [-0.25, -0.2) is 5.48 Å². The van der Waals surface area contributed by atoms with Gasteiger partial charge in [0.25, 0.3) is 11.8 Å². The molecule has 3 aromatic rings. The number of hydrogen-bond donors (Lipinski definition) is 6. The molecule has 42 heavy (non-hydrogen) atoms. The highest BCUT2D eigenvalue weighted by atomic mass is 19.4. The Hall–Kier alpha value is -4.90. The molecule has 0 saturated heterocycles. The topological polar surface area (TPSA) is 149 Å². The van der Waals surface area contributed by atoms with Crippen molar-refractivity contribution in [3.8, 4) is 17.6 Å². The summed E-state index contributed by atoms with van der Waals surface area (Å²) in [6.07, 6.45) is -5.99. The van der Waals surface area contributed by atoms with Gasteiger partial charge in [-0.2, -0.15) is 0 Å². The number of amides is 3. The first kappa shape index (κ1) is 31.6. The van der Waals surface area contributed by atoms with Crippen molar-refractivity contribution in [2.24, 2.45) is 0 Å². The van der Waals surface area contributed by atoms with Gasteiger partial charge in [-0.1, -0.05) is 24.0 Å². The van der Waals surface area contributed by atoms with Crippen LogP contribution in [0.25, 0.3) is 0 Å². The lowest BCUT2D eigenvalue weighted by molar-refractivity contribution is -0.274. The molecule has 10 nitrogen and oxygen atoms in total. The lowest BCUT2D eigenvalue weighted by Gasteiger charge is -2.19. The van der Waals surface area contributed by atoms with E-state index in [1.54, 1.807) is 36.4 Å². The maximum absolute atomic E-state index is 12.4. The van der Waals surface area contributed by atoms with Crippen molar-refractivity contribution < 1.29 is 42.6 Å². The number of aliphatic hydroxyl groups is 1. The quantitative estimate of drug-likeness (QED) is 0.122.